The monoisotopic (exact) mass is 517 g/mol. The van der Waals surface area contributed by atoms with Crippen LogP contribution in [-0.4, -0.2) is 30.2 Å². The smallest absolute Gasteiger partial charge is 0.257 e. The molecule has 4 aromatic rings. The number of thiazole rings is 1. The number of rotatable bonds is 5. The van der Waals surface area contributed by atoms with Crippen LogP contribution in [0.3, 0.4) is 0 Å². The van der Waals surface area contributed by atoms with Crippen LogP contribution in [0.15, 0.2) is 54.6 Å². The number of nitrogens with zero attached hydrogens (tertiary/aromatic N) is 1. The molecule has 1 aromatic heterocycles. The van der Waals surface area contributed by atoms with Crippen LogP contribution in [0.4, 0.5) is 5.69 Å². The Labute approximate surface area is 209 Å². The molecule has 6 nitrogen and oxygen atoms in total. The summed E-state index contributed by atoms with van der Waals surface area (Å²) in [5, 5.41) is 7.23. The highest BCUT2D eigenvalue weighted by molar-refractivity contribution is 7.80. The Kier molecular flexibility index (Phi) is 6.99. The molecular formula is C23H17Cl2N3O3S2. The van der Waals surface area contributed by atoms with Gasteiger partial charge in [0.15, 0.2) is 5.11 Å². The van der Waals surface area contributed by atoms with E-state index in [2.05, 4.69) is 15.6 Å². The van der Waals surface area contributed by atoms with Crippen LogP contribution in [0.5, 0.6) is 11.5 Å². The molecule has 1 heterocycles. The summed E-state index contributed by atoms with van der Waals surface area (Å²) < 4.78 is 11.5. The number of amides is 1. The molecule has 0 saturated carbocycles. The SMILES string of the molecule is COc1cc(OC)cc(C(=O)NC(=S)Nc2cc(-c3nc4ccccc4s3)c(Cl)cc2Cl)c1. The molecule has 2 N–H and O–H groups in total. The Morgan fingerprint density at radius 1 is 1.00 bits per heavy atom. The van der Waals surface area contributed by atoms with Gasteiger partial charge in [0.1, 0.15) is 16.5 Å². The van der Waals surface area contributed by atoms with E-state index in [1.807, 2.05) is 24.3 Å². The number of hydrogen-bond acceptors (Lipinski definition) is 6. The molecule has 0 fully saturated rings. The summed E-state index contributed by atoms with van der Waals surface area (Å²) in [6.45, 7) is 0. The number of thiocarbonyl (C=S) groups is 1. The molecule has 0 spiro atoms. The van der Waals surface area contributed by atoms with Gasteiger partial charge in [0.25, 0.3) is 5.91 Å². The highest BCUT2D eigenvalue weighted by Crippen LogP contribution is 2.38. The van der Waals surface area contributed by atoms with Crippen molar-refractivity contribution < 1.29 is 14.3 Å². The van der Waals surface area contributed by atoms with E-state index in [4.69, 9.17) is 44.9 Å². The van der Waals surface area contributed by atoms with E-state index < -0.39 is 5.91 Å². The van der Waals surface area contributed by atoms with E-state index in [1.54, 1.807) is 30.3 Å². The molecule has 0 radical (unpaired) electrons. The van der Waals surface area contributed by atoms with Crippen molar-refractivity contribution >= 4 is 73.7 Å². The van der Waals surface area contributed by atoms with Crippen LogP contribution < -0.4 is 20.1 Å². The van der Waals surface area contributed by atoms with E-state index in [-0.39, 0.29) is 5.11 Å². The molecular weight excluding hydrogens is 501 g/mol. The lowest BCUT2D eigenvalue weighted by Gasteiger charge is -2.13. The fraction of sp³-hybridized carbons (Fsp3) is 0.0870. The van der Waals surface area contributed by atoms with Crippen molar-refractivity contribution in [3.8, 4) is 22.1 Å². The largest absolute Gasteiger partial charge is 0.497 e. The van der Waals surface area contributed by atoms with Crippen LogP contribution in [0.1, 0.15) is 10.4 Å². The van der Waals surface area contributed by atoms with Crippen LogP contribution in [0.2, 0.25) is 10.0 Å². The highest BCUT2D eigenvalue weighted by atomic mass is 35.5. The number of carbonyl (C=O) groups is 1. The number of anilines is 1. The minimum atomic E-state index is -0.429. The van der Waals surface area contributed by atoms with Crippen molar-refractivity contribution in [2.45, 2.75) is 0 Å². The number of ether oxygens (including phenoxy) is 2. The van der Waals surface area contributed by atoms with Gasteiger partial charge >= 0.3 is 0 Å². The summed E-state index contributed by atoms with van der Waals surface area (Å²) in [7, 11) is 3.02. The van der Waals surface area contributed by atoms with E-state index in [0.717, 1.165) is 15.2 Å². The third-order valence-corrected chi connectivity index (χ3v) is 6.57. The fourth-order valence-electron chi connectivity index (χ4n) is 3.06. The molecule has 0 aliphatic carbocycles. The summed E-state index contributed by atoms with van der Waals surface area (Å²) in [4.78, 5) is 17.3. The number of fused-ring (bicyclic) bond motifs is 1. The van der Waals surface area contributed by atoms with Crippen LogP contribution >= 0.6 is 46.8 Å². The van der Waals surface area contributed by atoms with Gasteiger partial charge in [-0.15, -0.1) is 11.3 Å². The maximum absolute atomic E-state index is 12.7. The van der Waals surface area contributed by atoms with Crippen molar-refractivity contribution in [1.82, 2.24) is 10.3 Å². The molecule has 0 saturated heterocycles. The maximum atomic E-state index is 12.7. The fourth-order valence-corrected chi connectivity index (χ4v) is 4.84. The first-order valence-corrected chi connectivity index (χ1v) is 11.6. The normalized spacial score (nSPS) is 10.7. The van der Waals surface area contributed by atoms with E-state index >= 15 is 0 Å². The quantitative estimate of drug-likeness (QED) is 0.298. The van der Waals surface area contributed by atoms with Crippen molar-refractivity contribution in [2.24, 2.45) is 0 Å². The van der Waals surface area contributed by atoms with E-state index in [9.17, 15) is 4.79 Å². The second-order valence-electron chi connectivity index (χ2n) is 6.81. The Morgan fingerprint density at radius 3 is 2.36 bits per heavy atom. The third kappa shape index (κ3) is 5.20. The van der Waals surface area contributed by atoms with Crippen molar-refractivity contribution in [2.75, 3.05) is 19.5 Å². The Balaban J connectivity index is 1.56. The number of halogens is 2. The Morgan fingerprint density at radius 2 is 1.70 bits per heavy atom. The first kappa shape index (κ1) is 23.3. The Bertz CT molecular complexity index is 1320. The second kappa shape index (κ2) is 9.93. The molecule has 0 unspecified atom stereocenters. The maximum Gasteiger partial charge on any atom is 0.257 e. The van der Waals surface area contributed by atoms with Crippen molar-refractivity contribution in [1.29, 1.82) is 0 Å². The number of methoxy groups -OCH3 is 2. The topological polar surface area (TPSA) is 72.5 Å². The summed E-state index contributed by atoms with van der Waals surface area (Å²) in [5.41, 5.74) is 2.41. The molecule has 4 rings (SSSR count). The Hall–Kier alpha value is -2.91. The number of hydrogen-bond donors (Lipinski definition) is 2. The zero-order chi connectivity index (χ0) is 23.5. The number of carbonyl (C=O) groups excluding carboxylic acids is 1. The van der Waals surface area contributed by atoms with Gasteiger partial charge in [-0.3, -0.25) is 10.1 Å². The molecule has 1 amide bonds. The standard InChI is InChI=1S/C23H17Cl2N3O3S2/c1-30-13-7-12(8-14(9-13)31-2)21(29)28-23(32)27-19-10-15(16(24)11-17(19)25)22-26-18-5-3-4-6-20(18)33-22/h3-11H,1-2H3,(H2,27,28,29,32). The predicted octanol–water partition coefficient (Wildman–Crippen LogP) is 6.41. The van der Waals surface area contributed by atoms with E-state index in [1.165, 1.54) is 25.6 Å². The number of benzene rings is 3. The molecule has 3 aromatic carbocycles. The predicted molar refractivity (Wildman–Crippen MR) is 138 cm³/mol. The van der Waals surface area contributed by atoms with Gasteiger partial charge in [-0.2, -0.15) is 0 Å². The molecule has 10 heteroatoms. The molecule has 0 bridgehead atoms. The van der Waals surface area contributed by atoms with Gasteiger partial charge in [0.05, 0.1) is 40.2 Å². The van der Waals surface area contributed by atoms with Gasteiger partial charge in [0.2, 0.25) is 0 Å². The van der Waals surface area contributed by atoms with Crippen LogP contribution in [0.25, 0.3) is 20.8 Å². The number of nitrogens with one attached hydrogen (secondary N) is 2. The lowest BCUT2D eigenvalue weighted by Crippen LogP contribution is -2.34. The third-order valence-electron chi connectivity index (χ3n) is 4.67. The van der Waals surface area contributed by atoms with Crippen molar-refractivity contribution in [3.63, 3.8) is 0 Å². The number of para-hydroxylation sites is 1. The lowest BCUT2D eigenvalue weighted by molar-refractivity contribution is 0.0977. The summed E-state index contributed by atoms with van der Waals surface area (Å²) >= 11 is 19.7. The minimum absolute atomic E-state index is 0.0706. The van der Waals surface area contributed by atoms with Gasteiger partial charge in [-0.05, 0) is 48.6 Å². The van der Waals surface area contributed by atoms with Gasteiger partial charge in [-0.1, -0.05) is 35.3 Å². The average molecular weight is 518 g/mol. The lowest BCUT2D eigenvalue weighted by atomic mass is 10.2. The zero-order valence-corrected chi connectivity index (χ0v) is 20.6. The molecule has 168 valence electrons. The summed E-state index contributed by atoms with van der Waals surface area (Å²) in [6, 6.07) is 16.0. The van der Waals surface area contributed by atoms with Crippen molar-refractivity contribution in [3.05, 3.63) is 70.2 Å². The van der Waals surface area contributed by atoms with E-state index in [0.29, 0.717) is 38.4 Å². The molecule has 0 atom stereocenters. The average Bonchev–Trinajstić information content (AvgIpc) is 3.24. The van der Waals surface area contributed by atoms with Gasteiger partial charge < -0.3 is 14.8 Å². The van der Waals surface area contributed by atoms with Gasteiger partial charge in [0, 0.05) is 17.2 Å². The summed E-state index contributed by atoms with van der Waals surface area (Å²) in [5.74, 6) is 0.542. The van der Waals surface area contributed by atoms with Gasteiger partial charge in [-0.25, -0.2) is 4.98 Å². The molecule has 33 heavy (non-hydrogen) atoms. The zero-order valence-electron chi connectivity index (χ0n) is 17.4. The first-order valence-electron chi connectivity index (χ1n) is 9.58. The first-order chi connectivity index (χ1) is 15.9. The minimum Gasteiger partial charge on any atom is -0.497 e. The highest BCUT2D eigenvalue weighted by Gasteiger charge is 2.16. The number of aromatic nitrogens is 1. The van der Waals surface area contributed by atoms with Crippen LogP contribution in [-0.2, 0) is 0 Å². The summed E-state index contributed by atoms with van der Waals surface area (Å²) in [6.07, 6.45) is 0. The second-order valence-corrected chi connectivity index (χ2v) is 9.06. The molecule has 0 aliphatic rings. The molecule has 0 aliphatic heterocycles. The van der Waals surface area contributed by atoms with Crippen LogP contribution in [0, 0.1) is 0 Å².